The summed E-state index contributed by atoms with van der Waals surface area (Å²) in [5.74, 6) is -0.990. The first-order valence-electron chi connectivity index (χ1n) is 7.31. The van der Waals surface area contributed by atoms with Gasteiger partial charge in [-0.15, -0.1) is 24.8 Å². The number of benzene rings is 2. The molecule has 3 rings (SSSR count). The fourth-order valence-corrected chi connectivity index (χ4v) is 2.43. The van der Waals surface area contributed by atoms with Crippen molar-refractivity contribution in [3.05, 3.63) is 66.4 Å². The number of hydrogen-bond donors (Lipinski definition) is 3. The summed E-state index contributed by atoms with van der Waals surface area (Å²) in [4.78, 5) is 15.1. The smallest absolute Gasteiger partial charge is 0.320 e. The fourth-order valence-electron chi connectivity index (χ4n) is 2.43. The van der Waals surface area contributed by atoms with Crippen LogP contribution in [0.3, 0.4) is 0 Å². The van der Waals surface area contributed by atoms with Crippen molar-refractivity contribution in [1.29, 1.82) is 0 Å². The van der Waals surface area contributed by atoms with Gasteiger partial charge in [0.1, 0.15) is 6.04 Å². The Morgan fingerprint density at radius 2 is 1.67 bits per heavy atom. The van der Waals surface area contributed by atoms with Gasteiger partial charge in [0.15, 0.2) is 0 Å². The molecule has 0 bridgehead atoms. The van der Waals surface area contributed by atoms with E-state index in [1.165, 1.54) is 0 Å². The Hall–Kier alpha value is -2.42. The first kappa shape index (κ1) is 26.8. The van der Waals surface area contributed by atoms with Crippen LogP contribution >= 0.6 is 24.8 Å². The summed E-state index contributed by atoms with van der Waals surface area (Å²) in [5.41, 5.74) is 9.28. The Labute approximate surface area is 169 Å². The predicted octanol–water partition coefficient (Wildman–Crippen LogP) is 2.13. The number of nitrogens with zero attached hydrogens (tertiary/aromatic N) is 1. The van der Waals surface area contributed by atoms with Crippen LogP contribution < -0.4 is 11.1 Å². The van der Waals surface area contributed by atoms with Gasteiger partial charge in [-0.2, -0.15) is 0 Å². The largest absolute Gasteiger partial charge is 0.480 e. The first-order valence-corrected chi connectivity index (χ1v) is 7.31. The van der Waals surface area contributed by atoms with E-state index >= 15 is 0 Å². The standard InChI is InChI=1S/C18H17N3O2.2ClH.2H2O/c19-15(18(22)23)11-12-5-7-13(8-6-12)21-17-9-10-20-16-4-2-1-3-14(16)17;;;;/h1-10,15H,11,19H2,(H,20,21)(H,22,23);2*1H;2*1H2. The summed E-state index contributed by atoms with van der Waals surface area (Å²) in [6.07, 6.45) is 2.08. The highest BCUT2D eigenvalue weighted by atomic mass is 35.5. The van der Waals surface area contributed by atoms with E-state index in [-0.39, 0.29) is 35.8 Å². The number of aromatic nitrogens is 1. The summed E-state index contributed by atoms with van der Waals surface area (Å²) >= 11 is 0. The number of nitrogens with two attached hydrogens (primary N) is 1. The zero-order valence-electron chi connectivity index (χ0n) is 14.3. The molecule has 0 fully saturated rings. The third-order valence-corrected chi connectivity index (χ3v) is 3.65. The van der Waals surface area contributed by atoms with Crippen LogP contribution in [0.25, 0.3) is 10.9 Å². The summed E-state index contributed by atoms with van der Waals surface area (Å²) in [6, 6.07) is 16.6. The summed E-state index contributed by atoms with van der Waals surface area (Å²) < 4.78 is 0. The van der Waals surface area contributed by atoms with Crippen LogP contribution in [0, 0.1) is 0 Å². The van der Waals surface area contributed by atoms with E-state index in [0.717, 1.165) is 27.8 Å². The molecule has 0 radical (unpaired) electrons. The van der Waals surface area contributed by atoms with Gasteiger partial charge in [0.2, 0.25) is 0 Å². The molecule has 8 N–H and O–H groups in total. The molecule has 2 aromatic carbocycles. The van der Waals surface area contributed by atoms with Crippen LogP contribution in [0.1, 0.15) is 5.56 Å². The van der Waals surface area contributed by atoms with Crippen LogP contribution in [-0.4, -0.2) is 33.1 Å². The van der Waals surface area contributed by atoms with Crippen molar-refractivity contribution in [3.8, 4) is 0 Å². The average molecular weight is 416 g/mol. The molecule has 1 unspecified atom stereocenters. The third kappa shape index (κ3) is 6.67. The molecular formula is C18H23Cl2N3O4. The molecule has 0 aliphatic heterocycles. The Balaban J connectivity index is 0. The maximum atomic E-state index is 10.8. The molecule has 0 aliphatic carbocycles. The minimum absolute atomic E-state index is 0. The fraction of sp³-hybridized carbons (Fsp3) is 0.111. The number of fused-ring (bicyclic) bond motifs is 1. The molecule has 0 spiro atoms. The second-order valence-electron chi connectivity index (χ2n) is 5.35. The monoisotopic (exact) mass is 415 g/mol. The number of aliphatic carboxylic acids is 1. The van der Waals surface area contributed by atoms with E-state index < -0.39 is 12.0 Å². The van der Waals surface area contributed by atoms with Gasteiger partial charge in [-0.1, -0.05) is 30.3 Å². The Bertz CT molecular complexity index is 842. The molecule has 0 saturated heterocycles. The zero-order valence-corrected chi connectivity index (χ0v) is 15.9. The lowest BCUT2D eigenvalue weighted by Gasteiger charge is -2.11. The lowest BCUT2D eigenvalue weighted by Crippen LogP contribution is -2.32. The first-order chi connectivity index (χ1) is 11.1. The molecular weight excluding hydrogens is 393 g/mol. The highest BCUT2D eigenvalue weighted by Gasteiger charge is 2.11. The predicted molar refractivity (Wildman–Crippen MR) is 113 cm³/mol. The van der Waals surface area contributed by atoms with Crippen molar-refractivity contribution in [2.75, 3.05) is 5.32 Å². The minimum Gasteiger partial charge on any atom is -0.480 e. The summed E-state index contributed by atoms with van der Waals surface area (Å²) in [7, 11) is 0. The van der Waals surface area contributed by atoms with Gasteiger partial charge in [-0.25, -0.2) is 0 Å². The Morgan fingerprint density at radius 3 is 2.30 bits per heavy atom. The Morgan fingerprint density at radius 1 is 1.04 bits per heavy atom. The molecule has 0 amide bonds. The van der Waals surface area contributed by atoms with Crippen molar-refractivity contribution < 1.29 is 20.9 Å². The molecule has 148 valence electrons. The number of carboxylic acid groups (broad SMARTS) is 1. The SMILES string of the molecule is Cl.Cl.NC(Cc1ccc(Nc2ccnc3ccccc23)cc1)C(=O)O.O.O. The third-order valence-electron chi connectivity index (χ3n) is 3.65. The second-order valence-corrected chi connectivity index (χ2v) is 5.35. The van der Waals surface area contributed by atoms with Gasteiger partial charge >= 0.3 is 5.97 Å². The van der Waals surface area contributed by atoms with Gasteiger partial charge in [0.05, 0.1) is 5.52 Å². The maximum absolute atomic E-state index is 10.8. The number of hydrogen-bond acceptors (Lipinski definition) is 4. The average Bonchev–Trinajstić information content (AvgIpc) is 2.57. The molecule has 9 heteroatoms. The molecule has 1 atom stereocenters. The second kappa shape index (κ2) is 12.1. The molecule has 3 aromatic rings. The number of nitrogens with one attached hydrogen (secondary N) is 1. The Kier molecular flexibility index (Phi) is 12.0. The lowest BCUT2D eigenvalue weighted by atomic mass is 10.1. The van der Waals surface area contributed by atoms with Crippen LogP contribution in [0.2, 0.25) is 0 Å². The van der Waals surface area contributed by atoms with Crippen molar-refractivity contribution in [3.63, 3.8) is 0 Å². The summed E-state index contributed by atoms with van der Waals surface area (Å²) in [6.45, 7) is 0. The summed E-state index contributed by atoms with van der Waals surface area (Å²) in [5, 5.41) is 13.3. The van der Waals surface area contributed by atoms with Gasteiger partial charge in [-0.3, -0.25) is 9.78 Å². The number of anilines is 2. The van der Waals surface area contributed by atoms with Gasteiger partial charge in [0.25, 0.3) is 0 Å². The zero-order chi connectivity index (χ0) is 16.2. The quantitative estimate of drug-likeness (QED) is 0.582. The molecule has 7 nitrogen and oxygen atoms in total. The normalized spacial score (nSPS) is 10.3. The van der Waals surface area contributed by atoms with Gasteiger partial charge < -0.3 is 27.1 Å². The van der Waals surface area contributed by atoms with E-state index in [1.54, 1.807) is 6.20 Å². The van der Waals surface area contributed by atoms with E-state index in [1.807, 2.05) is 54.6 Å². The minimum atomic E-state index is -0.990. The van der Waals surface area contributed by atoms with Crippen molar-refractivity contribution in [1.82, 2.24) is 4.98 Å². The van der Waals surface area contributed by atoms with Crippen LogP contribution in [0.4, 0.5) is 11.4 Å². The van der Waals surface area contributed by atoms with Crippen molar-refractivity contribution in [2.45, 2.75) is 12.5 Å². The molecule has 0 saturated carbocycles. The highest BCUT2D eigenvalue weighted by molar-refractivity contribution is 5.92. The van der Waals surface area contributed by atoms with E-state index in [4.69, 9.17) is 10.8 Å². The molecule has 27 heavy (non-hydrogen) atoms. The number of carboxylic acids is 1. The molecule has 1 heterocycles. The van der Waals surface area contributed by atoms with Crippen LogP contribution in [0.5, 0.6) is 0 Å². The van der Waals surface area contributed by atoms with Crippen molar-refractivity contribution in [2.24, 2.45) is 5.73 Å². The number of carbonyl (C=O) groups is 1. The lowest BCUT2D eigenvalue weighted by molar-refractivity contribution is -0.138. The van der Waals surface area contributed by atoms with Crippen molar-refractivity contribution >= 4 is 53.1 Å². The van der Waals surface area contributed by atoms with E-state index in [2.05, 4.69) is 10.3 Å². The van der Waals surface area contributed by atoms with Gasteiger partial charge in [0, 0.05) is 23.0 Å². The molecule has 1 aromatic heterocycles. The maximum Gasteiger partial charge on any atom is 0.320 e. The molecule has 0 aliphatic rings. The van der Waals surface area contributed by atoms with E-state index in [0.29, 0.717) is 6.42 Å². The number of pyridine rings is 1. The topological polar surface area (TPSA) is 151 Å². The number of para-hydroxylation sites is 1. The van der Waals surface area contributed by atoms with Crippen LogP contribution in [-0.2, 0) is 11.2 Å². The van der Waals surface area contributed by atoms with Gasteiger partial charge in [-0.05, 0) is 36.2 Å². The number of rotatable bonds is 5. The highest BCUT2D eigenvalue weighted by Crippen LogP contribution is 2.25. The van der Waals surface area contributed by atoms with E-state index in [9.17, 15) is 4.79 Å². The number of halogens is 2. The van der Waals surface area contributed by atoms with Crippen LogP contribution in [0.15, 0.2) is 60.8 Å².